The van der Waals surface area contributed by atoms with Crippen molar-refractivity contribution in [2.75, 3.05) is 18.4 Å². The number of hydrogen-bond acceptors (Lipinski definition) is 5. The standard InChI is InChI=1S/C18H23N5O/c1-14-21-16(18(24)23-9-4-2-3-5-10-23)11-17(22-14)20-13-15-7-6-8-19-12-15/h6-8,11-12H,2-5,9-10,13H2,1H3,(H,20,21,22). The SMILES string of the molecule is Cc1nc(NCc2cccnc2)cc(C(=O)N2CCCCCC2)n1. The van der Waals surface area contributed by atoms with E-state index in [0.29, 0.717) is 23.9 Å². The highest BCUT2D eigenvalue weighted by Crippen LogP contribution is 2.15. The fourth-order valence-corrected chi connectivity index (χ4v) is 2.90. The first-order valence-electron chi connectivity index (χ1n) is 8.50. The first-order chi connectivity index (χ1) is 11.7. The minimum Gasteiger partial charge on any atom is -0.366 e. The molecule has 1 fully saturated rings. The molecule has 6 heteroatoms. The molecule has 0 aromatic carbocycles. The predicted octanol–water partition coefficient (Wildman–Crippen LogP) is 2.81. The van der Waals surface area contributed by atoms with Crippen LogP contribution < -0.4 is 5.32 Å². The average molecular weight is 325 g/mol. The lowest BCUT2D eigenvalue weighted by Crippen LogP contribution is -2.32. The van der Waals surface area contributed by atoms with Gasteiger partial charge in [-0.3, -0.25) is 9.78 Å². The molecule has 0 bridgehead atoms. The van der Waals surface area contributed by atoms with Crippen molar-refractivity contribution in [2.24, 2.45) is 0 Å². The van der Waals surface area contributed by atoms with E-state index in [4.69, 9.17) is 0 Å². The molecule has 3 rings (SSSR count). The molecule has 126 valence electrons. The van der Waals surface area contributed by atoms with Gasteiger partial charge < -0.3 is 10.2 Å². The van der Waals surface area contributed by atoms with Crippen LogP contribution in [0.5, 0.6) is 0 Å². The molecule has 0 aliphatic carbocycles. The molecule has 0 atom stereocenters. The van der Waals surface area contributed by atoms with Crippen LogP contribution in [-0.4, -0.2) is 38.8 Å². The van der Waals surface area contributed by atoms with Crippen LogP contribution >= 0.6 is 0 Å². The number of pyridine rings is 1. The molecule has 0 radical (unpaired) electrons. The zero-order valence-corrected chi connectivity index (χ0v) is 14.0. The average Bonchev–Trinajstić information content (AvgIpc) is 2.89. The Morgan fingerprint density at radius 1 is 1.21 bits per heavy atom. The molecule has 0 spiro atoms. The molecule has 0 saturated carbocycles. The van der Waals surface area contributed by atoms with Crippen molar-refractivity contribution in [2.45, 2.75) is 39.2 Å². The van der Waals surface area contributed by atoms with Gasteiger partial charge in [0.25, 0.3) is 5.91 Å². The van der Waals surface area contributed by atoms with E-state index in [1.807, 2.05) is 30.2 Å². The minimum absolute atomic E-state index is 0.00632. The number of aromatic nitrogens is 3. The number of nitrogens with one attached hydrogen (secondary N) is 1. The zero-order valence-electron chi connectivity index (χ0n) is 14.0. The number of amides is 1. The fraction of sp³-hybridized carbons (Fsp3) is 0.444. The Balaban J connectivity index is 1.72. The summed E-state index contributed by atoms with van der Waals surface area (Å²) in [7, 11) is 0. The number of carbonyl (C=O) groups is 1. The summed E-state index contributed by atoms with van der Waals surface area (Å²) in [6.45, 7) is 4.07. The van der Waals surface area contributed by atoms with Gasteiger partial charge in [0.05, 0.1) is 0 Å². The van der Waals surface area contributed by atoms with E-state index >= 15 is 0 Å². The van der Waals surface area contributed by atoms with E-state index in [-0.39, 0.29) is 5.91 Å². The largest absolute Gasteiger partial charge is 0.366 e. The molecule has 2 aromatic rings. The van der Waals surface area contributed by atoms with Crippen molar-refractivity contribution in [3.05, 3.63) is 47.7 Å². The summed E-state index contributed by atoms with van der Waals surface area (Å²) >= 11 is 0. The highest BCUT2D eigenvalue weighted by atomic mass is 16.2. The van der Waals surface area contributed by atoms with Gasteiger partial charge in [-0.05, 0) is 31.4 Å². The summed E-state index contributed by atoms with van der Waals surface area (Å²) in [5.74, 6) is 1.28. The van der Waals surface area contributed by atoms with Gasteiger partial charge in [-0.1, -0.05) is 18.9 Å². The van der Waals surface area contributed by atoms with Gasteiger partial charge in [0.2, 0.25) is 0 Å². The fourth-order valence-electron chi connectivity index (χ4n) is 2.90. The number of hydrogen-bond donors (Lipinski definition) is 1. The molecule has 1 saturated heterocycles. The molecule has 1 amide bonds. The lowest BCUT2D eigenvalue weighted by atomic mass is 10.2. The molecular formula is C18H23N5O. The molecule has 0 unspecified atom stereocenters. The van der Waals surface area contributed by atoms with Gasteiger partial charge in [-0.2, -0.15) is 0 Å². The van der Waals surface area contributed by atoms with E-state index in [0.717, 1.165) is 31.5 Å². The Morgan fingerprint density at radius 2 is 2.00 bits per heavy atom. The van der Waals surface area contributed by atoms with Gasteiger partial charge >= 0.3 is 0 Å². The molecule has 1 aliphatic heterocycles. The van der Waals surface area contributed by atoms with E-state index in [1.165, 1.54) is 12.8 Å². The number of carbonyl (C=O) groups excluding carboxylic acids is 1. The minimum atomic E-state index is 0.00632. The zero-order chi connectivity index (χ0) is 16.8. The maximum absolute atomic E-state index is 12.7. The molecule has 2 aromatic heterocycles. The first kappa shape index (κ1) is 16.4. The Labute approximate surface area is 142 Å². The quantitative estimate of drug-likeness (QED) is 0.936. The summed E-state index contributed by atoms with van der Waals surface area (Å²) in [4.78, 5) is 27.5. The highest BCUT2D eigenvalue weighted by Gasteiger charge is 2.19. The van der Waals surface area contributed by atoms with Crippen LogP contribution in [0.2, 0.25) is 0 Å². The van der Waals surface area contributed by atoms with E-state index in [2.05, 4.69) is 20.3 Å². The number of nitrogens with zero attached hydrogens (tertiary/aromatic N) is 4. The van der Waals surface area contributed by atoms with Gasteiger partial charge in [0, 0.05) is 38.1 Å². The Bertz CT molecular complexity index is 681. The monoisotopic (exact) mass is 325 g/mol. The Morgan fingerprint density at radius 3 is 2.71 bits per heavy atom. The van der Waals surface area contributed by atoms with Crippen LogP contribution in [0.15, 0.2) is 30.6 Å². The smallest absolute Gasteiger partial charge is 0.272 e. The van der Waals surface area contributed by atoms with Gasteiger partial charge in [0.1, 0.15) is 17.3 Å². The van der Waals surface area contributed by atoms with E-state index in [1.54, 1.807) is 12.3 Å². The van der Waals surface area contributed by atoms with E-state index < -0.39 is 0 Å². The van der Waals surface area contributed by atoms with Crippen molar-refractivity contribution in [3.8, 4) is 0 Å². The lowest BCUT2D eigenvalue weighted by Gasteiger charge is -2.20. The molecule has 24 heavy (non-hydrogen) atoms. The second-order valence-electron chi connectivity index (χ2n) is 6.11. The number of anilines is 1. The maximum Gasteiger partial charge on any atom is 0.272 e. The second-order valence-corrected chi connectivity index (χ2v) is 6.11. The van der Waals surface area contributed by atoms with Crippen molar-refractivity contribution in [1.82, 2.24) is 19.9 Å². The Hall–Kier alpha value is -2.50. The number of aryl methyl sites for hydroxylation is 1. The third kappa shape index (κ3) is 4.28. The van der Waals surface area contributed by atoms with Gasteiger partial charge in [0.15, 0.2) is 0 Å². The van der Waals surface area contributed by atoms with Crippen LogP contribution in [-0.2, 0) is 6.54 Å². The van der Waals surface area contributed by atoms with Crippen molar-refractivity contribution < 1.29 is 4.79 Å². The van der Waals surface area contributed by atoms with Crippen LogP contribution in [0, 0.1) is 6.92 Å². The van der Waals surface area contributed by atoms with Crippen LogP contribution in [0.1, 0.15) is 47.6 Å². The van der Waals surface area contributed by atoms with Crippen molar-refractivity contribution in [3.63, 3.8) is 0 Å². The predicted molar refractivity (Wildman–Crippen MR) is 92.7 cm³/mol. The molecule has 6 nitrogen and oxygen atoms in total. The lowest BCUT2D eigenvalue weighted by molar-refractivity contribution is 0.0755. The van der Waals surface area contributed by atoms with Gasteiger partial charge in [-0.15, -0.1) is 0 Å². The second kappa shape index (κ2) is 7.86. The topological polar surface area (TPSA) is 71.0 Å². The normalized spacial score (nSPS) is 15.0. The molecular weight excluding hydrogens is 302 g/mol. The summed E-state index contributed by atoms with van der Waals surface area (Å²) in [5.41, 5.74) is 1.53. The first-order valence-corrected chi connectivity index (χ1v) is 8.50. The summed E-state index contributed by atoms with van der Waals surface area (Å²) in [6.07, 6.45) is 8.10. The van der Waals surface area contributed by atoms with Gasteiger partial charge in [-0.25, -0.2) is 9.97 Å². The van der Waals surface area contributed by atoms with Crippen molar-refractivity contribution in [1.29, 1.82) is 0 Å². The van der Waals surface area contributed by atoms with Crippen LogP contribution in [0.3, 0.4) is 0 Å². The third-order valence-corrected chi connectivity index (χ3v) is 4.15. The maximum atomic E-state index is 12.7. The summed E-state index contributed by atoms with van der Waals surface area (Å²) < 4.78 is 0. The van der Waals surface area contributed by atoms with Crippen molar-refractivity contribution >= 4 is 11.7 Å². The molecule has 1 N–H and O–H groups in total. The summed E-state index contributed by atoms with van der Waals surface area (Å²) in [5, 5.41) is 3.25. The molecule has 1 aliphatic rings. The highest BCUT2D eigenvalue weighted by molar-refractivity contribution is 5.93. The van der Waals surface area contributed by atoms with Crippen LogP contribution in [0.25, 0.3) is 0 Å². The van der Waals surface area contributed by atoms with E-state index in [9.17, 15) is 4.79 Å². The number of likely N-dealkylation sites (tertiary alicyclic amines) is 1. The van der Waals surface area contributed by atoms with Crippen LogP contribution in [0.4, 0.5) is 5.82 Å². The Kier molecular flexibility index (Phi) is 5.36. The number of rotatable bonds is 4. The third-order valence-electron chi connectivity index (χ3n) is 4.15. The summed E-state index contributed by atoms with van der Waals surface area (Å²) in [6, 6.07) is 5.64. The molecule has 3 heterocycles.